The lowest BCUT2D eigenvalue weighted by atomic mass is 9.98. The molecule has 0 fully saturated rings. The average Bonchev–Trinajstić information content (AvgIpc) is 3.12. The lowest BCUT2D eigenvalue weighted by molar-refractivity contribution is -0.123. The van der Waals surface area contributed by atoms with E-state index in [9.17, 15) is 9.18 Å². The second kappa shape index (κ2) is 6.96. The fourth-order valence-corrected chi connectivity index (χ4v) is 3.15. The summed E-state index contributed by atoms with van der Waals surface area (Å²) in [5.74, 6) is -0.102. The number of nitrogens with zero attached hydrogens (tertiary/aromatic N) is 1. The Morgan fingerprint density at radius 3 is 2.62 bits per heavy atom. The van der Waals surface area contributed by atoms with Crippen LogP contribution in [-0.4, -0.2) is 17.5 Å². The molecule has 0 radical (unpaired) electrons. The molecule has 2 atom stereocenters. The third-order valence-corrected chi connectivity index (χ3v) is 4.49. The van der Waals surface area contributed by atoms with Crippen molar-refractivity contribution in [3.05, 3.63) is 95.6 Å². The van der Waals surface area contributed by atoms with Crippen molar-refractivity contribution in [3.8, 4) is 5.75 Å². The summed E-state index contributed by atoms with van der Waals surface area (Å²) in [4.78, 5) is 17.3. The zero-order chi connectivity index (χ0) is 17.9. The third-order valence-electron chi connectivity index (χ3n) is 4.49. The van der Waals surface area contributed by atoms with Gasteiger partial charge in [0.15, 0.2) is 0 Å². The highest BCUT2D eigenvalue weighted by Crippen LogP contribution is 2.34. The van der Waals surface area contributed by atoms with E-state index in [2.05, 4.69) is 10.3 Å². The SMILES string of the molecule is O=C(N[C@@H](c1ccc(F)cc1)c1ccccn1)[C@@H]1COc2ccccc21. The molecule has 4 nitrogen and oxygen atoms in total. The number of nitrogens with one attached hydrogen (secondary N) is 1. The number of benzene rings is 2. The quantitative estimate of drug-likeness (QED) is 0.784. The van der Waals surface area contributed by atoms with Gasteiger partial charge in [-0.3, -0.25) is 9.78 Å². The van der Waals surface area contributed by atoms with Crippen molar-refractivity contribution < 1.29 is 13.9 Å². The maximum Gasteiger partial charge on any atom is 0.231 e. The van der Waals surface area contributed by atoms with E-state index in [4.69, 9.17) is 4.74 Å². The zero-order valence-electron chi connectivity index (χ0n) is 13.9. The first kappa shape index (κ1) is 16.3. The van der Waals surface area contributed by atoms with E-state index >= 15 is 0 Å². The van der Waals surface area contributed by atoms with Gasteiger partial charge in [-0.05, 0) is 35.9 Å². The van der Waals surface area contributed by atoms with E-state index in [1.807, 2.05) is 42.5 Å². The Kier molecular flexibility index (Phi) is 4.35. The van der Waals surface area contributed by atoms with Gasteiger partial charge < -0.3 is 10.1 Å². The van der Waals surface area contributed by atoms with Crippen molar-refractivity contribution in [1.82, 2.24) is 10.3 Å². The Labute approximate surface area is 150 Å². The van der Waals surface area contributed by atoms with Crippen LogP contribution in [0, 0.1) is 5.82 Å². The Morgan fingerprint density at radius 2 is 1.85 bits per heavy atom. The lowest BCUT2D eigenvalue weighted by Gasteiger charge is -2.21. The minimum Gasteiger partial charge on any atom is -0.492 e. The van der Waals surface area contributed by atoms with Crippen molar-refractivity contribution >= 4 is 5.91 Å². The number of ether oxygens (including phenoxy) is 1. The van der Waals surface area contributed by atoms with Gasteiger partial charge in [0.2, 0.25) is 5.91 Å². The number of aromatic nitrogens is 1. The Balaban J connectivity index is 1.63. The van der Waals surface area contributed by atoms with Gasteiger partial charge in [0, 0.05) is 11.8 Å². The van der Waals surface area contributed by atoms with Crippen LogP contribution in [0.3, 0.4) is 0 Å². The number of carbonyl (C=O) groups is 1. The number of halogens is 1. The first-order chi connectivity index (χ1) is 12.7. The van der Waals surface area contributed by atoms with E-state index in [1.165, 1.54) is 12.1 Å². The molecule has 130 valence electrons. The van der Waals surface area contributed by atoms with Gasteiger partial charge in [-0.15, -0.1) is 0 Å². The molecule has 1 aromatic heterocycles. The molecule has 1 aliphatic rings. The number of hydrogen-bond acceptors (Lipinski definition) is 3. The second-order valence-corrected chi connectivity index (χ2v) is 6.15. The van der Waals surface area contributed by atoms with Gasteiger partial charge >= 0.3 is 0 Å². The summed E-state index contributed by atoms with van der Waals surface area (Å²) in [6.07, 6.45) is 1.67. The van der Waals surface area contributed by atoms with E-state index in [1.54, 1.807) is 18.3 Å². The summed E-state index contributed by atoms with van der Waals surface area (Å²) in [5, 5.41) is 3.05. The van der Waals surface area contributed by atoms with Crippen molar-refractivity contribution in [3.63, 3.8) is 0 Å². The van der Waals surface area contributed by atoms with E-state index in [-0.39, 0.29) is 17.6 Å². The van der Waals surface area contributed by atoms with Crippen LogP contribution in [0.5, 0.6) is 5.75 Å². The highest BCUT2D eigenvalue weighted by atomic mass is 19.1. The predicted molar refractivity (Wildman–Crippen MR) is 95.3 cm³/mol. The van der Waals surface area contributed by atoms with Gasteiger partial charge in [0.05, 0.1) is 11.7 Å². The smallest absolute Gasteiger partial charge is 0.231 e. The van der Waals surface area contributed by atoms with Crippen LogP contribution in [-0.2, 0) is 4.79 Å². The molecule has 5 heteroatoms. The standard InChI is InChI=1S/C21H17FN2O2/c22-15-10-8-14(9-11-15)20(18-6-3-4-12-23-18)24-21(25)17-13-26-19-7-2-1-5-16(17)19/h1-12,17,20H,13H2,(H,24,25)/t17-,20+/m1/s1. The number of hydrogen-bond donors (Lipinski definition) is 1. The molecule has 0 saturated carbocycles. The summed E-state index contributed by atoms with van der Waals surface area (Å²) in [6.45, 7) is 0.309. The number of amides is 1. The van der Waals surface area contributed by atoms with Gasteiger partial charge in [0.1, 0.15) is 24.1 Å². The Hall–Kier alpha value is -3.21. The van der Waals surface area contributed by atoms with Gasteiger partial charge in [-0.25, -0.2) is 4.39 Å². The van der Waals surface area contributed by atoms with Crippen LogP contribution in [0.25, 0.3) is 0 Å². The Morgan fingerprint density at radius 1 is 1.08 bits per heavy atom. The molecule has 2 heterocycles. The molecule has 0 unspecified atom stereocenters. The van der Waals surface area contributed by atoms with Crippen LogP contribution in [0.1, 0.15) is 28.8 Å². The molecule has 2 aromatic carbocycles. The van der Waals surface area contributed by atoms with Gasteiger partial charge in [-0.1, -0.05) is 36.4 Å². The van der Waals surface area contributed by atoms with Crippen molar-refractivity contribution in [2.45, 2.75) is 12.0 Å². The van der Waals surface area contributed by atoms with Gasteiger partial charge in [0.25, 0.3) is 0 Å². The molecular formula is C21H17FN2O2. The fraction of sp³-hybridized carbons (Fsp3) is 0.143. The van der Waals surface area contributed by atoms with Crippen LogP contribution in [0.15, 0.2) is 72.9 Å². The van der Waals surface area contributed by atoms with Crippen molar-refractivity contribution in [2.24, 2.45) is 0 Å². The maximum atomic E-state index is 13.3. The second-order valence-electron chi connectivity index (χ2n) is 6.15. The molecule has 0 aliphatic carbocycles. The first-order valence-electron chi connectivity index (χ1n) is 8.41. The highest BCUT2D eigenvalue weighted by Gasteiger charge is 2.32. The molecule has 1 aliphatic heterocycles. The number of rotatable bonds is 4. The van der Waals surface area contributed by atoms with E-state index in [0.29, 0.717) is 12.3 Å². The summed E-state index contributed by atoms with van der Waals surface area (Å²) < 4.78 is 18.9. The minimum absolute atomic E-state index is 0.144. The fourth-order valence-electron chi connectivity index (χ4n) is 3.15. The lowest BCUT2D eigenvalue weighted by Crippen LogP contribution is -2.34. The molecule has 1 amide bonds. The number of pyridine rings is 1. The van der Waals surface area contributed by atoms with E-state index in [0.717, 1.165) is 16.9 Å². The highest BCUT2D eigenvalue weighted by molar-refractivity contribution is 5.86. The average molecular weight is 348 g/mol. The topological polar surface area (TPSA) is 51.2 Å². The normalized spacial score (nSPS) is 16.4. The summed E-state index contributed by atoms with van der Waals surface area (Å²) in [5.41, 5.74) is 2.34. The first-order valence-corrected chi connectivity index (χ1v) is 8.41. The molecular weight excluding hydrogens is 331 g/mol. The summed E-state index contributed by atoms with van der Waals surface area (Å²) in [6, 6.07) is 18.7. The van der Waals surface area contributed by atoms with E-state index < -0.39 is 6.04 Å². The van der Waals surface area contributed by atoms with Crippen LogP contribution in [0.4, 0.5) is 4.39 Å². The van der Waals surface area contributed by atoms with Crippen LogP contribution in [0.2, 0.25) is 0 Å². The maximum absolute atomic E-state index is 13.3. The van der Waals surface area contributed by atoms with Crippen molar-refractivity contribution in [2.75, 3.05) is 6.61 Å². The summed E-state index contributed by atoms with van der Waals surface area (Å²) in [7, 11) is 0. The molecule has 4 rings (SSSR count). The molecule has 0 bridgehead atoms. The summed E-state index contributed by atoms with van der Waals surface area (Å²) >= 11 is 0. The van der Waals surface area contributed by atoms with Crippen molar-refractivity contribution in [1.29, 1.82) is 0 Å². The largest absolute Gasteiger partial charge is 0.492 e. The molecule has 1 N–H and O–H groups in total. The minimum atomic E-state index is -0.461. The monoisotopic (exact) mass is 348 g/mol. The molecule has 3 aromatic rings. The van der Waals surface area contributed by atoms with Crippen LogP contribution < -0.4 is 10.1 Å². The number of fused-ring (bicyclic) bond motifs is 1. The molecule has 26 heavy (non-hydrogen) atoms. The Bertz CT molecular complexity index is 913. The predicted octanol–water partition coefficient (Wildman–Crippen LogP) is 3.60. The van der Waals surface area contributed by atoms with Crippen LogP contribution >= 0.6 is 0 Å². The number of para-hydroxylation sites is 1. The molecule has 0 spiro atoms. The van der Waals surface area contributed by atoms with Gasteiger partial charge in [-0.2, -0.15) is 0 Å². The molecule has 0 saturated heterocycles. The number of carbonyl (C=O) groups excluding carboxylic acids is 1. The zero-order valence-corrected chi connectivity index (χ0v) is 13.9. The third kappa shape index (κ3) is 3.16.